The van der Waals surface area contributed by atoms with Gasteiger partial charge in [0, 0.05) is 12.0 Å². The van der Waals surface area contributed by atoms with Crippen LogP contribution in [-0.2, 0) is 5.41 Å². The first-order chi connectivity index (χ1) is 9.07. The highest BCUT2D eigenvalue weighted by atomic mass is 19.3. The topological polar surface area (TPSA) is 35.2 Å². The predicted octanol–water partition coefficient (Wildman–Crippen LogP) is 4.08. The quantitative estimate of drug-likeness (QED) is 0.773. The van der Waals surface area contributed by atoms with Crippen molar-refractivity contribution in [2.45, 2.75) is 51.6 Å². The van der Waals surface area contributed by atoms with Gasteiger partial charge in [-0.25, -0.2) is 0 Å². The predicted molar refractivity (Wildman–Crippen MR) is 73.6 cm³/mol. The van der Waals surface area contributed by atoms with Crippen molar-refractivity contribution in [1.82, 2.24) is 0 Å². The second-order valence-electron chi connectivity index (χ2n) is 4.89. The van der Waals surface area contributed by atoms with Gasteiger partial charge in [-0.15, -0.1) is 0 Å². The average molecular weight is 271 g/mol. The zero-order chi connectivity index (χ0) is 14.3. The van der Waals surface area contributed by atoms with Crippen molar-refractivity contribution in [2.75, 3.05) is 6.54 Å². The minimum atomic E-state index is -2.78. The molecule has 108 valence electrons. The number of alkyl halides is 2. The Morgan fingerprint density at radius 1 is 1.11 bits per heavy atom. The molecule has 0 amide bonds. The molecule has 2 N–H and O–H groups in total. The SMILES string of the molecule is CCCC(CN)(CCC)c1ccc(OC(F)F)cc1. The number of ether oxygens (including phenoxy) is 1. The van der Waals surface area contributed by atoms with Gasteiger partial charge in [0.2, 0.25) is 0 Å². The molecule has 1 rings (SSSR count). The third-order valence-corrected chi connectivity index (χ3v) is 3.54. The van der Waals surface area contributed by atoms with Crippen molar-refractivity contribution in [3.05, 3.63) is 29.8 Å². The number of benzene rings is 1. The van der Waals surface area contributed by atoms with Crippen LogP contribution in [0.4, 0.5) is 8.78 Å². The van der Waals surface area contributed by atoms with Crippen LogP contribution >= 0.6 is 0 Å². The maximum absolute atomic E-state index is 12.1. The Labute approximate surface area is 114 Å². The first-order valence-electron chi connectivity index (χ1n) is 6.83. The number of hydrogen-bond acceptors (Lipinski definition) is 2. The molecule has 0 unspecified atom stereocenters. The highest BCUT2D eigenvalue weighted by Crippen LogP contribution is 2.34. The van der Waals surface area contributed by atoms with Gasteiger partial charge in [-0.05, 0) is 30.5 Å². The summed E-state index contributed by atoms with van der Waals surface area (Å²) in [7, 11) is 0. The Kier molecular flexibility index (Phi) is 6.22. The van der Waals surface area contributed by atoms with Gasteiger partial charge in [-0.2, -0.15) is 8.78 Å². The summed E-state index contributed by atoms with van der Waals surface area (Å²) in [5.74, 6) is 0.192. The fourth-order valence-corrected chi connectivity index (χ4v) is 2.68. The number of halogens is 2. The Morgan fingerprint density at radius 3 is 2.00 bits per heavy atom. The summed E-state index contributed by atoms with van der Waals surface area (Å²) in [5, 5.41) is 0. The highest BCUT2D eigenvalue weighted by Gasteiger charge is 2.28. The zero-order valence-corrected chi connectivity index (χ0v) is 11.7. The fraction of sp³-hybridized carbons (Fsp3) is 0.600. The van der Waals surface area contributed by atoms with Gasteiger partial charge in [0.1, 0.15) is 5.75 Å². The molecule has 4 heteroatoms. The van der Waals surface area contributed by atoms with Crippen molar-refractivity contribution < 1.29 is 13.5 Å². The molecule has 19 heavy (non-hydrogen) atoms. The zero-order valence-electron chi connectivity index (χ0n) is 11.7. The molecule has 0 fully saturated rings. The van der Waals surface area contributed by atoms with E-state index in [4.69, 9.17) is 5.73 Å². The van der Waals surface area contributed by atoms with Crippen molar-refractivity contribution in [1.29, 1.82) is 0 Å². The Bertz CT molecular complexity index is 359. The van der Waals surface area contributed by atoms with Crippen LogP contribution in [0.2, 0.25) is 0 Å². The van der Waals surface area contributed by atoms with Crippen molar-refractivity contribution >= 4 is 0 Å². The number of nitrogens with two attached hydrogens (primary N) is 1. The molecule has 0 spiro atoms. The minimum absolute atomic E-state index is 0.0487. The molecule has 2 nitrogen and oxygen atoms in total. The van der Waals surface area contributed by atoms with Crippen LogP contribution in [0, 0.1) is 0 Å². The molecular formula is C15H23F2NO. The van der Waals surface area contributed by atoms with Gasteiger partial charge in [0.25, 0.3) is 0 Å². The summed E-state index contributed by atoms with van der Waals surface area (Å²) in [6.07, 6.45) is 4.11. The van der Waals surface area contributed by atoms with Gasteiger partial charge in [0.15, 0.2) is 0 Å². The van der Waals surface area contributed by atoms with Crippen LogP contribution in [0.1, 0.15) is 45.1 Å². The van der Waals surface area contributed by atoms with E-state index in [1.807, 2.05) is 12.1 Å². The molecule has 0 aromatic heterocycles. The second kappa shape index (κ2) is 7.43. The highest BCUT2D eigenvalue weighted by molar-refractivity contribution is 5.33. The lowest BCUT2D eigenvalue weighted by atomic mass is 9.73. The maximum atomic E-state index is 12.1. The third kappa shape index (κ3) is 4.16. The summed E-state index contributed by atoms with van der Waals surface area (Å²) in [4.78, 5) is 0. The van der Waals surface area contributed by atoms with E-state index in [2.05, 4.69) is 18.6 Å². The molecule has 1 aromatic carbocycles. The van der Waals surface area contributed by atoms with E-state index in [0.717, 1.165) is 31.2 Å². The minimum Gasteiger partial charge on any atom is -0.435 e. The van der Waals surface area contributed by atoms with Gasteiger partial charge < -0.3 is 10.5 Å². The Morgan fingerprint density at radius 2 is 1.63 bits per heavy atom. The normalized spacial score (nSPS) is 11.9. The van der Waals surface area contributed by atoms with Crippen LogP contribution in [0.5, 0.6) is 5.75 Å². The van der Waals surface area contributed by atoms with Crippen LogP contribution in [0.15, 0.2) is 24.3 Å². The molecule has 0 saturated heterocycles. The summed E-state index contributed by atoms with van der Waals surface area (Å²) < 4.78 is 28.6. The smallest absolute Gasteiger partial charge is 0.387 e. The monoisotopic (exact) mass is 271 g/mol. The van der Waals surface area contributed by atoms with Gasteiger partial charge in [0.05, 0.1) is 0 Å². The molecule has 0 aliphatic rings. The first-order valence-corrected chi connectivity index (χ1v) is 6.83. The van der Waals surface area contributed by atoms with Crippen LogP contribution in [0.25, 0.3) is 0 Å². The number of hydrogen-bond donors (Lipinski definition) is 1. The van der Waals surface area contributed by atoms with E-state index in [9.17, 15) is 8.78 Å². The van der Waals surface area contributed by atoms with Gasteiger partial charge >= 0.3 is 6.61 Å². The molecule has 0 heterocycles. The van der Waals surface area contributed by atoms with Crippen LogP contribution in [0.3, 0.4) is 0 Å². The lowest BCUT2D eigenvalue weighted by Crippen LogP contribution is -2.35. The lowest BCUT2D eigenvalue weighted by molar-refractivity contribution is -0.0498. The Hall–Kier alpha value is -1.16. The van der Waals surface area contributed by atoms with Crippen molar-refractivity contribution in [3.63, 3.8) is 0 Å². The van der Waals surface area contributed by atoms with Crippen LogP contribution in [-0.4, -0.2) is 13.2 Å². The molecule has 0 atom stereocenters. The van der Waals surface area contributed by atoms with Gasteiger partial charge in [-0.1, -0.05) is 38.8 Å². The van der Waals surface area contributed by atoms with Crippen molar-refractivity contribution in [2.24, 2.45) is 5.73 Å². The second-order valence-corrected chi connectivity index (χ2v) is 4.89. The van der Waals surface area contributed by atoms with E-state index in [-0.39, 0.29) is 11.2 Å². The maximum Gasteiger partial charge on any atom is 0.387 e. The standard InChI is InChI=1S/C15H23F2NO/c1-3-9-15(11-18,10-4-2)12-5-7-13(8-6-12)19-14(16)17/h5-8,14H,3-4,9-11,18H2,1-2H3. The van der Waals surface area contributed by atoms with E-state index in [0.29, 0.717) is 6.54 Å². The Balaban J connectivity index is 2.96. The molecule has 0 radical (unpaired) electrons. The van der Waals surface area contributed by atoms with E-state index in [1.165, 1.54) is 0 Å². The number of rotatable bonds is 8. The van der Waals surface area contributed by atoms with E-state index >= 15 is 0 Å². The molecule has 0 saturated carbocycles. The van der Waals surface area contributed by atoms with Gasteiger partial charge in [-0.3, -0.25) is 0 Å². The van der Waals surface area contributed by atoms with Crippen molar-refractivity contribution in [3.8, 4) is 5.75 Å². The summed E-state index contributed by atoms with van der Waals surface area (Å²) in [6.45, 7) is 2.06. The van der Waals surface area contributed by atoms with E-state index < -0.39 is 6.61 Å². The third-order valence-electron chi connectivity index (χ3n) is 3.54. The summed E-state index contributed by atoms with van der Waals surface area (Å²) in [5.41, 5.74) is 7.04. The largest absolute Gasteiger partial charge is 0.435 e. The molecule has 0 aliphatic carbocycles. The lowest BCUT2D eigenvalue weighted by Gasteiger charge is -2.33. The molecule has 0 aliphatic heterocycles. The van der Waals surface area contributed by atoms with E-state index in [1.54, 1.807) is 12.1 Å². The first kappa shape index (κ1) is 15.9. The average Bonchev–Trinajstić information content (AvgIpc) is 2.38. The summed E-state index contributed by atoms with van der Waals surface area (Å²) in [6, 6.07) is 6.90. The molecular weight excluding hydrogens is 248 g/mol. The fourth-order valence-electron chi connectivity index (χ4n) is 2.68. The summed E-state index contributed by atoms with van der Waals surface area (Å²) >= 11 is 0. The molecule has 0 bridgehead atoms. The van der Waals surface area contributed by atoms with Crippen LogP contribution < -0.4 is 10.5 Å². The molecule has 1 aromatic rings.